The number of fused-ring (bicyclic) bond motifs is 1. The number of rotatable bonds is 5. The third-order valence-corrected chi connectivity index (χ3v) is 4.47. The zero-order valence-corrected chi connectivity index (χ0v) is 12.8. The van der Waals surface area contributed by atoms with Crippen molar-refractivity contribution in [1.82, 2.24) is 9.88 Å². The molecule has 3 rings (SSSR count). The van der Waals surface area contributed by atoms with Gasteiger partial charge in [0, 0.05) is 30.2 Å². The minimum atomic E-state index is 0.643. The number of nitrogens with one attached hydrogen (secondary N) is 1. The van der Waals surface area contributed by atoms with Crippen molar-refractivity contribution < 1.29 is 4.74 Å². The van der Waals surface area contributed by atoms with E-state index >= 15 is 0 Å². The first-order chi connectivity index (χ1) is 10.3. The lowest BCUT2D eigenvalue weighted by molar-refractivity contribution is 0.218. The van der Waals surface area contributed by atoms with Crippen LogP contribution in [-0.2, 0) is 0 Å². The lowest BCUT2D eigenvalue weighted by atomic mass is 9.89. The summed E-state index contributed by atoms with van der Waals surface area (Å²) in [4.78, 5) is 5.87. The van der Waals surface area contributed by atoms with Crippen LogP contribution in [-0.4, -0.2) is 42.7 Å². The number of H-pyrrole nitrogens is 1. The molecule has 1 aliphatic heterocycles. The molecule has 3 N–H and O–H groups in total. The summed E-state index contributed by atoms with van der Waals surface area (Å²) in [7, 11) is 0. The Bertz CT molecular complexity index is 585. The molecular formula is C17H25N3O. The first-order valence-electron chi connectivity index (χ1n) is 7.98. The van der Waals surface area contributed by atoms with E-state index in [1.807, 2.05) is 13.0 Å². The maximum atomic E-state index is 5.65. The van der Waals surface area contributed by atoms with Gasteiger partial charge in [0.25, 0.3) is 0 Å². The highest BCUT2D eigenvalue weighted by atomic mass is 16.5. The number of piperidine rings is 1. The van der Waals surface area contributed by atoms with Crippen LogP contribution in [0.15, 0.2) is 24.4 Å². The first kappa shape index (κ1) is 14.4. The Balaban J connectivity index is 1.79. The van der Waals surface area contributed by atoms with Crippen LogP contribution >= 0.6 is 0 Å². The molecule has 0 amide bonds. The van der Waals surface area contributed by atoms with Gasteiger partial charge >= 0.3 is 0 Å². The Morgan fingerprint density at radius 3 is 2.86 bits per heavy atom. The van der Waals surface area contributed by atoms with Crippen LogP contribution in [0, 0.1) is 0 Å². The van der Waals surface area contributed by atoms with Crippen molar-refractivity contribution >= 4 is 10.9 Å². The van der Waals surface area contributed by atoms with Crippen molar-refractivity contribution in [1.29, 1.82) is 0 Å². The molecule has 0 atom stereocenters. The SMILES string of the molecule is CCOc1ccc2[nH]cc(C3CCN(CCN)CC3)c2c1. The number of hydrogen-bond acceptors (Lipinski definition) is 3. The van der Waals surface area contributed by atoms with Crippen LogP contribution in [0.2, 0.25) is 0 Å². The van der Waals surface area contributed by atoms with E-state index in [1.54, 1.807) is 0 Å². The molecule has 0 spiro atoms. The highest BCUT2D eigenvalue weighted by Gasteiger charge is 2.22. The maximum Gasteiger partial charge on any atom is 0.120 e. The zero-order valence-electron chi connectivity index (χ0n) is 12.8. The van der Waals surface area contributed by atoms with Gasteiger partial charge in [-0.1, -0.05) is 0 Å². The Hall–Kier alpha value is -1.52. The lowest BCUT2D eigenvalue weighted by Gasteiger charge is -2.31. The number of nitrogens with two attached hydrogens (primary N) is 1. The van der Waals surface area contributed by atoms with Crippen LogP contribution in [0.3, 0.4) is 0 Å². The molecule has 0 radical (unpaired) electrons. The molecular weight excluding hydrogens is 262 g/mol. The lowest BCUT2D eigenvalue weighted by Crippen LogP contribution is -2.36. The van der Waals surface area contributed by atoms with Gasteiger partial charge in [-0.05, 0) is 62.5 Å². The quantitative estimate of drug-likeness (QED) is 0.889. The van der Waals surface area contributed by atoms with E-state index in [0.717, 1.165) is 31.9 Å². The number of likely N-dealkylation sites (tertiary alicyclic amines) is 1. The smallest absolute Gasteiger partial charge is 0.120 e. The van der Waals surface area contributed by atoms with Gasteiger partial charge in [-0.15, -0.1) is 0 Å². The standard InChI is InChI=1S/C17H25N3O/c1-2-21-14-3-4-17-15(11-14)16(12-19-17)13-5-8-20(9-6-13)10-7-18/h3-4,11-13,19H,2,5-10,18H2,1H3. The summed E-state index contributed by atoms with van der Waals surface area (Å²) < 4.78 is 5.64. The van der Waals surface area contributed by atoms with Gasteiger partial charge in [-0.25, -0.2) is 0 Å². The van der Waals surface area contributed by atoms with E-state index in [9.17, 15) is 0 Å². The van der Waals surface area contributed by atoms with Crippen LogP contribution < -0.4 is 10.5 Å². The van der Waals surface area contributed by atoms with Gasteiger partial charge in [-0.3, -0.25) is 0 Å². The van der Waals surface area contributed by atoms with E-state index in [4.69, 9.17) is 10.5 Å². The average molecular weight is 287 g/mol. The van der Waals surface area contributed by atoms with Gasteiger partial charge < -0.3 is 20.4 Å². The Labute approximate surface area is 126 Å². The molecule has 1 aromatic heterocycles. The van der Waals surface area contributed by atoms with Gasteiger partial charge in [0.05, 0.1) is 6.61 Å². The minimum Gasteiger partial charge on any atom is -0.494 e. The van der Waals surface area contributed by atoms with Crippen molar-refractivity contribution in [2.24, 2.45) is 5.73 Å². The fourth-order valence-corrected chi connectivity index (χ4v) is 3.37. The van der Waals surface area contributed by atoms with Crippen molar-refractivity contribution in [3.8, 4) is 5.75 Å². The van der Waals surface area contributed by atoms with Gasteiger partial charge in [0.15, 0.2) is 0 Å². The number of aromatic amines is 1. The highest BCUT2D eigenvalue weighted by molar-refractivity contribution is 5.85. The summed E-state index contributed by atoms with van der Waals surface area (Å²) in [6, 6.07) is 6.33. The molecule has 0 saturated carbocycles. The molecule has 21 heavy (non-hydrogen) atoms. The van der Waals surface area contributed by atoms with E-state index < -0.39 is 0 Å². The third kappa shape index (κ3) is 3.06. The zero-order chi connectivity index (χ0) is 14.7. The number of benzene rings is 1. The van der Waals surface area contributed by atoms with E-state index in [-0.39, 0.29) is 0 Å². The summed E-state index contributed by atoms with van der Waals surface area (Å²) in [6.07, 6.45) is 4.61. The largest absolute Gasteiger partial charge is 0.494 e. The molecule has 1 aliphatic rings. The molecule has 4 nitrogen and oxygen atoms in total. The summed E-state index contributed by atoms with van der Waals surface area (Å²) in [5.41, 5.74) is 8.30. The fourth-order valence-electron chi connectivity index (χ4n) is 3.37. The summed E-state index contributed by atoms with van der Waals surface area (Å²) in [6.45, 7) is 6.82. The highest BCUT2D eigenvalue weighted by Crippen LogP contribution is 2.34. The van der Waals surface area contributed by atoms with Gasteiger partial charge in [-0.2, -0.15) is 0 Å². The molecule has 0 unspecified atom stereocenters. The fraction of sp³-hybridized carbons (Fsp3) is 0.529. The molecule has 1 aromatic carbocycles. The van der Waals surface area contributed by atoms with Crippen molar-refractivity contribution in [3.63, 3.8) is 0 Å². The van der Waals surface area contributed by atoms with Gasteiger partial charge in [0.1, 0.15) is 5.75 Å². The minimum absolute atomic E-state index is 0.643. The predicted octanol–water partition coefficient (Wildman–Crippen LogP) is 2.70. The molecule has 2 heterocycles. The monoisotopic (exact) mass is 287 g/mol. The van der Waals surface area contributed by atoms with Crippen LogP contribution in [0.25, 0.3) is 10.9 Å². The topological polar surface area (TPSA) is 54.3 Å². The second-order valence-electron chi connectivity index (χ2n) is 5.79. The van der Waals surface area contributed by atoms with E-state index in [0.29, 0.717) is 12.5 Å². The molecule has 4 heteroatoms. The molecule has 0 bridgehead atoms. The van der Waals surface area contributed by atoms with E-state index in [2.05, 4.69) is 28.2 Å². The maximum absolute atomic E-state index is 5.65. The van der Waals surface area contributed by atoms with Crippen LogP contribution in [0.5, 0.6) is 5.75 Å². The summed E-state index contributed by atoms with van der Waals surface area (Å²) in [5, 5.41) is 1.32. The Morgan fingerprint density at radius 1 is 1.33 bits per heavy atom. The Morgan fingerprint density at radius 2 is 2.14 bits per heavy atom. The number of ether oxygens (including phenoxy) is 1. The van der Waals surface area contributed by atoms with Crippen molar-refractivity contribution in [3.05, 3.63) is 30.0 Å². The van der Waals surface area contributed by atoms with Crippen molar-refractivity contribution in [2.45, 2.75) is 25.7 Å². The number of hydrogen-bond donors (Lipinski definition) is 2. The first-order valence-corrected chi connectivity index (χ1v) is 7.98. The second kappa shape index (κ2) is 6.50. The third-order valence-electron chi connectivity index (χ3n) is 4.47. The molecule has 1 saturated heterocycles. The molecule has 2 aromatic rings. The van der Waals surface area contributed by atoms with Crippen LogP contribution in [0.1, 0.15) is 31.2 Å². The molecule has 1 fully saturated rings. The molecule has 114 valence electrons. The second-order valence-corrected chi connectivity index (χ2v) is 5.79. The number of nitrogens with zero attached hydrogens (tertiary/aromatic N) is 1. The summed E-state index contributed by atoms with van der Waals surface area (Å²) in [5.74, 6) is 1.61. The van der Waals surface area contributed by atoms with E-state index in [1.165, 1.54) is 29.3 Å². The normalized spacial score (nSPS) is 17.4. The Kier molecular flexibility index (Phi) is 4.46. The summed E-state index contributed by atoms with van der Waals surface area (Å²) >= 11 is 0. The number of aromatic nitrogens is 1. The average Bonchev–Trinajstić information content (AvgIpc) is 2.92. The van der Waals surface area contributed by atoms with Crippen LogP contribution in [0.4, 0.5) is 0 Å². The predicted molar refractivity (Wildman–Crippen MR) is 86.9 cm³/mol. The molecule has 0 aliphatic carbocycles. The van der Waals surface area contributed by atoms with Crippen molar-refractivity contribution in [2.75, 3.05) is 32.8 Å². The van der Waals surface area contributed by atoms with Gasteiger partial charge in [0.2, 0.25) is 0 Å².